The first-order valence-electron chi connectivity index (χ1n) is 31.8. The van der Waals surface area contributed by atoms with Gasteiger partial charge in [-0.3, -0.25) is 14.4 Å². The Bertz CT molecular complexity index is 1310. The molecule has 0 aliphatic heterocycles. The van der Waals surface area contributed by atoms with Crippen molar-refractivity contribution in [1.29, 1.82) is 0 Å². The molecule has 0 aliphatic rings. The van der Waals surface area contributed by atoms with Gasteiger partial charge < -0.3 is 14.2 Å². The highest BCUT2D eigenvalue weighted by atomic mass is 16.6. The van der Waals surface area contributed by atoms with Crippen LogP contribution in [0.25, 0.3) is 0 Å². The zero-order chi connectivity index (χ0) is 52.9. The average molecular weight is 1020 g/mol. The number of carbonyl (C=O) groups excluding carboxylic acids is 3. The van der Waals surface area contributed by atoms with Crippen molar-refractivity contribution in [2.45, 2.75) is 335 Å². The van der Waals surface area contributed by atoms with Gasteiger partial charge in [-0.1, -0.05) is 281 Å². The lowest BCUT2D eigenvalue weighted by molar-refractivity contribution is -0.167. The molecule has 0 fully saturated rings. The lowest BCUT2D eigenvalue weighted by Gasteiger charge is -2.18. The first kappa shape index (κ1) is 70.1. The summed E-state index contributed by atoms with van der Waals surface area (Å²) in [6, 6.07) is 0. The quantitative estimate of drug-likeness (QED) is 0.0261. The van der Waals surface area contributed by atoms with Crippen LogP contribution in [0, 0.1) is 0 Å². The first-order chi connectivity index (χ1) is 36.0. The highest BCUT2D eigenvalue weighted by Crippen LogP contribution is 2.17. The maximum absolute atomic E-state index is 12.8. The molecule has 0 saturated carbocycles. The van der Waals surface area contributed by atoms with Gasteiger partial charge in [0.15, 0.2) is 6.10 Å². The Kier molecular flexibility index (Phi) is 59.2. The van der Waals surface area contributed by atoms with Crippen LogP contribution < -0.4 is 0 Å². The molecule has 0 aromatic heterocycles. The van der Waals surface area contributed by atoms with Crippen LogP contribution >= 0.6 is 0 Å². The minimum absolute atomic E-state index is 0.0744. The van der Waals surface area contributed by atoms with Crippen LogP contribution in [-0.4, -0.2) is 37.2 Å². The van der Waals surface area contributed by atoms with Crippen LogP contribution in [0.15, 0.2) is 60.8 Å². The van der Waals surface area contributed by atoms with E-state index in [4.69, 9.17) is 14.2 Å². The van der Waals surface area contributed by atoms with Gasteiger partial charge in [-0.05, 0) is 89.9 Å². The van der Waals surface area contributed by atoms with Crippen molar-refractivity contribution in [3.05, 3.63) is 60.8 Å². The Labute approximate surface area is 453 Å². The Balaban J connectivity index is 4.04. The fraction of sp³-hybridized carbons (Fsp3) is 0.806. The molecule has 0 rings (SSSR count). The zero-order valence-electron chi connectivity index (χ0n) is 48.7. The summed E-state index contributed by atoms with van der Waals surface area (Å²) in [4.78, 5) is 38.0. The van der Waals surface area contributed by atoms with Gasteiger partial charge in [0.05, 0.1) is 0 Å². The van der Waals surface area contributed by atoms with E-state index < -0.39 is 6.10 Å². The number of esters is 3. The van der Waals surface area contributed by atoms with Crippen molar-refractivity contribution in [3.63, 3.8) is 0 Å². The average Bonchev–Trinajstić information content (AvgIpc) is 3.39. The molecule has 6 nitrogen and oxygen atoms in total. The largest absolute Gasteiger partial charge is 0.462 e. The van der Waals surface area contributed by atoms with Gasteiger partial charge in [0.1, 0.15) is 13.2 Å². The predicted octanol–water partition coefficient (Wildman–Crippen LogP) is 21.6. The van der Waals surface area contributed by atoms with E-state index in [9.17, 15) is 14.4 Å². The molecule has 0 bridgehead atoms. The standard InChI is InChI=1S/C67H120O6/c1-4-7-10-13-16-18-20-22-24-26-27-28-29-30-31-32-33-34-35-36-37-38-39-41-42-44-46-48-51-54-57-60-66(69)72-63-64(62-71-65(68)59-56-53-50-15-12-9-6-3)73-67(70)61-58-55-52-49-47-45-43-40-25-23-21-19-17-14-11-8-5-2/h17,19-20,22-23,25-27,29-30,64H,4-16,18,21,24,28,31-63H2,1-3H3/b19-17-,22-20-,25-23-,27-26-,30-29-. The van der Waals surface area contributed by atoms with Crippen LogP contribution in [0.2, 0.25) is 0 Å². The second-order valence-corrected chi connectivity index (χ2v) is 21.3. The maximum atomic E-state index is 12.8. The van der Waals surface area contributed by atoms with Crippen molar-refractivity contribution in [2.75, 3.05) is 13.2 Å². The summed E-state index contributed by atoms with van der Waals surface area (Å²) >= 11 is 0. The fourth-order valence-corrected chi connectivity index (χ4v) is 9.19. The minimum atomic E-state index is -0.774. The van der Waals surface area contributed by atoms with Crippen molar-refractivity contribution in [1.82, 2.24) is 0 Å². The lowest BCUT2D eigenvalue weighted by Crippen LogP contribution is -2.30. The van der Waals surface area contributed by atoms with Crippen LogP contribution in [-0.2, 0) is 28.6 Å². The molecule has 73 heavy (non-hydrogen) atoms. The van der Waals surface area contributed by atoms with Gasteiger partial charge in [0.25, 0.3) is 0 Å². The number of hydrogen-bond acceptors (Lipinski definition) is 6. The first-order valence-corrected chi connectivity index (χ1v) is 31.8. The Hall–Kier alpha value is -2.89. The molecule has 0 aromatic carbocycles. The van der Waals surface area contributed by atoms with Crippen LogP contribution in [0.3, 0.4) is 0 Å². The molecule has 0 N–H and O–H groups in total. The Morgan fingerprint density at radius 3 is 0.795 bits per heavy atom. The summed E-state index contributed by atoms with van der Waals surface area (Å²) in [5.41, 5.74) is 0. The predicted molar refractivity (Wildman–Crippen MR) is 316 cm³/mol. The number of ether oxygens (including phenoxy) is 3. The summed E-state index contributed by atoms with van der Waals surface area (Å²) in [5.74, 6) is -0.875. The Morgan fingerprint density at radius 1 is 0.274 bits per heavy atom. The van der Waals surface area contributed by atoms with Crippen LogP contribution in [0.4, 0.5) is 0 Å². The number of hydrogen-bond donors (Lipinski definition) is 0. The molecule has 0 saturated heterocycles. The van der Waals surface area contributed by atoms with Gasteiger partial charge in [-0.25, -0.2) is 0 Å². The zero-order valence-corrected chi connectivity index (χ0v) is 48.7. The molecule has 0 radical (unpaired) electrons. The van der Waals surface area contributed by atoms with Crippen molar-refractivity contribution in [2.24, 2.45) is 0 Å². The highest BCUT2D eigenvalue weighted by molar-refractivity contribution is 5.71. The SMILES string of the molecule is CCCCC/C=C\C/C=C\CCCCCCCCCC(=O)OC(COC(=O)CCCCCCCCC)COC(=O)CCCCCCCCCCCCCCCCCC/C=C\C/C=C\C/C=C\CCCCCCC. The second kappa shape index (κ2) is 61.7. The van der Waals surface area contributed by atoms with Crippen molar-refractivity contribution in [3.8, 4) is 0 Å². The summed E-state index contributed by atoms with van der Waals surface area (Å²) in [6.07, 6.45) is 78.3. The van der Waals surface area contributed by atoms with E-state index in [1.807, 2.05) is 0 Å². The van der Waals surface area contributed by atoms with E-state index in [0.29, 0.717) is 19.3 Å². The van der Waals surface area contributed by atoms with Gasteiger partial charge in [-0.15, -0.1) is 0 Å². The van der Waals surface area contributed by atoms with E-state index in [-0.39, 0.29) is 31.1 Å². The smallest absolute Gasteiger partial charge is 0.306 e. The van der Waals surface area contributed by atoms with Crippen molar-refractivity contribution >= 4 is 17.9 Å². The highest BCUT2D eigenvalue weighted by Gasteiger charge is 2.19. The number of allylic oxidation sites excluding steroid dienone is 10. The van der Waals surface area contributed by atoms with Crippen LogP contribution in [0.5, 0.6) is 0 Å². The van der Waals surface area contributed by atoms with E-state index in [1.54, 1.807) is 0 Å². The van der Waals surface area contributed by atoms with Gasteiger partial charge in [0.2, 0.25) is 0 Å². The van der Waals surface area contributed by atoms with E-state index in [1.165, 1.54) is 205 Å². The maximum Gasteiger partial charge on any atom is 0.306 e. The topological polar surface area (TPSA) is 78.9 Å². The molecule has 1 unspecified atom stereocenters. The monoisotopic (exact) mass is 1020 g/mol. The van der Waals surface area contributed by atoms with Crippen LogP contribution in [0.1, 0.15) is 329 Å². The molecule has 0 aliphatic carbocycles. The van der Waals surface area contributed by atoms with Crippen molar-refractivity contribution < 1.29 is 28.6 Å². The molecule has 1 atom stereocenters. The lowest BCUT2D eigenvalue weighted by atomic mass is 10.0. The molecular weight excluding hydrogens is 901 g/mol. The molecule has 0 aromatic rings. The third-order valence-electron chi connectivity index (χ3n) is 14.0. The van der Waals surface area contributed by atoms with E-state index in [2.05, 4.69) is 81.5 Å². The summed E-state index contributed by atoms with van der Waals surface area (Å²) < 4.78 is 16.8. The summed E-state index contributed by atoms with van der Waals surface area (Å²) in [6.45, 7) is 6.59. The molecule has 424 valence electrons. The minimum Gasteiger partial charge on any atom is -0.462 e. The van der Waals surface area contributed by atoms with E-state index >= 15 is 0 Å². The van der Waals surface area contributed by atoms with E-state index in [0.717, 1.165) is 83.5 Å². The second-order valence-electron chi connectivity index (χ2n) is 21.3. The summed E-state index contributed by atoms with van der Waals surface area (Å²) in [7, 11) is 0. The molecule has 0 amide bonds. The normalized spacial score (nSPS) is 12.4. The third-order valence-corrected chi connectivity index (χ3v) is 14.0. The molecule has 0 heterocycles. The Morgan fingerprint density at radius 2 is 0.493 bits per heavy atom. The van der Waals surface area contributed by atoms with Gasteiger partial charge in [-0.2, -0.15) is 0 Å². The number of carbonyl (C=O) groups is 3. The van der Waals surface area contributed by atoms with Gasteiger partial charge in [0, 0.05) is 19.3 Å². The summed E-state index contributed by atoms with van der Waals surface area (Å²) in [5, 5.41) is 0. The number of rotatable bonds is 58. The number of unbranched alkanes of at least 4 members (excludes halogenated alkanes) is 37. The third kappa shape index (κ3) is 59.9. The molecular formula is C67H120O6. The molecule has 0 spiro atoms. The molecule has 6 heteroatoms. The fourth-order valence-electron chi connectivity index (χ4n) is 9.19. The van der Waals surface area contributed by atoms with Gasteiger partial charge >= 0.3 is 17.9 Å².